The molecule has 4 rings (SSSR count). The zero-order chi connectivity index (χ0) is 20.2. The largest absolute Gasteiger partial charge is 0.497 e. The number of piperazine rings is 1. The van der Waals surface area contributed by atoms with E-state index in [1.54, 1.807) is 25.2 Å². The van der Waals surface area contributed by atoms with Crippen molar-refractivity contribution in [1.82, 2.24) is 19.5 Å². The Bertz CT molecular complexity index is 995. The highest BCUT2D eigenvalue weighted by Crippen LogP contribution is 2.25. The van der Waals surface area contributed by atoms with E-state index in [0.29, 0.717) is 13.1 Å². The Morgan fingerprint density at radius 1 is 1.07 bits per heavy atom. The van der Waals surface area contributed by atoms with Crippen molar-refractivity contribution in [2.45, 2.75) is 6.54 Å². The molecule has 3 aromatic rings. The predicted octanol–water partition coefficient (Wildman–Crippen LogP) is 2.53. The summed E-state index contributed by atoms with van der Waals surface area (Å²) >= 11 is 0. The van der Waals surface area contributed by atoms with Crippen molar-refractivity contribution in [1.29, 1.82) is 0 Å². The molecule has 0 unspecified atom stereocenters. The summed E-state index contributed by atoms with van der Waals surface area (Å²) < 4.78 is 12.5. The minimum Gasteiger partial charge on any atom is -0.497 e. The van der Waals surface area contributed by atoms with Crippen LogP contribution in [0.15, 0.2) is 48.8 Å². The summed E-state index contributed by atoms with van der Waals surface area (Å²) in [5.41, 5.74) is 5.73. The standard InChI is InChI=1S/C21H25N5O3/c1-28-17-7-8-20(29-2)16(13-17)14-24-9-11-25(12-10-24)21(27)23-26-15-22-18-5-3-4-6-19(18)26/h3-8,13,15H,9-12,14H2,1-2H3,(H,23,27). The lowest BCUT2D eigenvalue weighted by atomic mass is 10.1. The third-order valence-electron chi connectivity index (χ3n) is 5.21. The summed E-state index contributed by atoms with van der Waals surface area (Å²) in [7, 11) is 3.33. The fourth-order valence-electron chi connectivity index (χ4n) is 3.58. The normalized spacial score (nSPS) is 14.8. The summed E-state index contributed by atoms with van der Waals surface area (Å²) in [4.78, 5) is 21.1. The first-order valence-electron chi connectivity index (χ1n) is 9.59. The highest BCUT2D eigenvalue weighted by atomic mass is 16.5. The molecule has 2 heterocycles. The first kappa shape index (κ1) is 19.1. The quantitative estimate of drug-likeness (QED) is 0.719. The third kappa shape index (κ3) is 4.12. The second-order valence-corrected chi connectivity index (χ2v) is 6.96. The molecule has 1 aliphatic heterocycles. The van der Waals surface area contributed by atoms with Crippen molar-refractivity contribution in [3.05, 3.63) is 54.4 Å². The average molecular weight is 395 g/mol. The van der Waals surface area contributed by atoms with Crippen LogP contribution >= 0.6 is 0 Å². The summed E-state index contributed by atoms with van der Waals surface area (Å²) in [6.45, 7) is 3.65. The van der Waals surface area contributed by atoms with Crippen LogP contribution in [0.3, 0.4) is 0 Å². The first-order valence-corrected chi connectivity index (χ1v) is 9.59. The SMILES string of the molecule is COc1ccc(OC)c(CN2CCN(C(=O)Nn3cnc4ccccc43)CC2)c1. The molecule has 2 amide bonds. The molecule has 1 aliphatic rings. The van der Waals surface area contributed by atoms with Gasteiger partial charge in [0.25, 0.3) is 0 Å². The number of aromatic nitrogens is 2. The lowest BCUT2D eigenvalue weighted by Gasteiger charge is -2.34. The van der Waals surface area contributed by atoms with Crippen LogP contribution in [0.25, 0.3) is 11.0 Å². The number of hydrogen-bond donors (Lipinski definition) is 1. The fourth-order valence-corrected chi connectivity index (χ4v) is 3.58. The Kier molecular flexibility index (Phi) is 5.53. The molecule has 1 N–H and O–H groups in total. The molecule has 8 nitrogen and oxygen atoms in total. The van der Waals surface area contributed by atoms with Gasteiger partial charge in [-0.25, -0.2) is 19.9 Å². The molecule has 29 heavy (non-hydrogen) atoms. The maximum absolute atomic E-state index is 12.7. The number of para-hydroxylation sites is 2. The molecule has 0 spiro atoms. The van der Waals surface area contributed by atoms with Crippen molar-refractivity contribution >= 4 is 17.1 Å². The minimum atomic E-state index is -0.119. The number of ether oxygens (including phenoxy) is 2. The number of methoxy groups -OCH3 is 2. The maximum atomic E-state index is 12.7. The van der Waals surface area contributed by atoms with Gasteiger partial charge in [0.2, 0.25) is 0 Å². The van der Waals surface area contributed by atoms with Crippen molar-refractivity contribution in [2.75, 3.05) is 45.8 Å². The fraction of sp³-hybridized carbons (Fsp3) is 0.333. The van der Waals surface area contributed by atoms with Crippen LogP contribution in [0.1, 0.15) is 5.56 Å². The molecule has 0 saturated carbocycles. The zero-order valence-corrected chi connectivity index (χ0v) is 16.7. The lowest BCUT2D eigenvalue weighted by Crippen LogP contribution is -2.50. The number of imidazole rings is 1. The number of rotatable bonds is 5. The van der Waals surface area contributed by atoms with Gasteiger partial charge in [0, 0.05) is 38.3 Å². The van der Waals surface area contributed by atoms with E-state index in [2.05, 4.69) is 15.3 Å². The van der Waals surface area contributed by atoms with Crippen molar-refractivity contribution in [2.24, 2.45) is 0 Å². The number of fused-ring (bicyclic) bond motifs is 1. The Hall–Kier alpha value is -3.26. The number of urea groups is 1. The predicted molar refractivity (Wildman–Crippen MR) is 111 cm³/mol. The van der Waals surface area contributed by atoms with Gasteiger partial charge in [-0.1, -0.05) is 12.1 Å². The molecule has 1 fully saturated rings. The molecule has 0 bridgehead atoms. The number of amides is 2. The van der Waals surface area contributed by atoms with Crippen LogP contribution in [0, 0.1) is 0 Å². The smallest absolute Gasteiger partial charge is 0.336 e. The Morgan fingerprint density at radius 2 is 1.86 bits per heavy atom. The van der Waals surface area contributed by atoms with Gasteiger partial charge < -0.3 is 14.4 Å². The van der Waals surface area contributed by atoms with E-state index in [4.69, 9.17) is 9.47 Å². The van der Waals surface area contributed by atoms with E-state index >= 15 is 0 Å². The minimum absolute atomic E-state index is 0.119. The van der Waals surface area contributed by atoms with Crippen molar-refractivity contribution < 1.29 is 14.3 Å². The topological polar surface area (TPSA) is 71.9 Å². The van der Waals surface area contributed by atoms with Crippen LogP contribution in [-0.2, 0) is 6.54 Å². The molecule has 2 aromatic carbocycles. The van der Waals surface area contributed by atoms with Crippen molar-refractivity contribution in [3.8, 4) is 11.5 Å². The van der Waals surface area contributed by atoms with Gasteiger partial charge in [-0.05, 0) is 30.3 Å². The van der Waals surface area contributed by atoms with E-state index in [1.807, 2.05) is 47.4 Å². The third-order valence-corrected chi connectivity index (χ3v) is 5.21. The van der Waals surface area contributed by atoms with E-state index in [1.165, 1.54) is 0 Å². The first-order chi connectivity index (χ1) is 14.2. The monoisotopic (exact) mass is 395 g/mol. The molecule has 1 aromatic heterocycles. The lowest BCUT2D eigenvalue weighted by molar-refractivity contribution is 0.140. The Labute approximate surface area is 169 Å². The number of nitrogens with one attached hydrogen (secondary N) is 1. The molecular weight excluding hydrogens is 370 g/mol. The second-order valence-electron chi connectivity index (χ2n) is 6.96. The molecule has 1 saturated heterocycles. The van der Waals surface area contributed by atoms with Crippen LogP contribution in [0.5, 0.6) is 11.5 Å². The molecular formula is C21H25N5O3. The summed E-state index contributed by atoms with van der Waals surface area (Å²) in [5, 5.41) is 0. The number of hydrogen-bond acceptors (Lipinski definition) is 5. The van der Waals surface area contributed by atoms with Gasteiger partial charge in [0.15, 0.2) is 0 Å². The average Bonchev–Trinajstić information content (AvgIpc) is 3.17. The molecule has 0 aliphatic carbocycles. The molecule has 0 atom stereocenters. The Balaban J connectivity index is 1.35. The van der Waals surface area contributed by atoms with E-state index in [-0.39, 0.29) is 6.03 Å². The van der Waals surface area contributed by atoms with E-state index < -0.39 is 0 Å². The van der Waals surface area contributed by atoms with Crippen molar-refractivity contribution in [3.63, 3.8) is 0 Å². The number of carbonyl (C=O) groups is 1. The number of nitrogens with zero attached hydrogens (tertiary/aromatic N) is 4. The van der Waals surface area contributed by atoms with Gasteiger partial charge in [0.05, 0.1) is 25.3 Å². The summed E-state index contributed by atoms with van der Waals surface area (Å²) in [6.07, 6.45) is 1.63. The molecule has 152 valence electrons. The van der Waals surface area contributed by atoms with Crippen LogP contribution in [-0.4, -0.2) is 65.9 Å². The number of carbonyl (C=O) groups excluding carboxylic acids is 1. The number of benzene rings is 2. The second kappa shape index (κ2) is 8.40. The molecule has 8 heteroatoms. The van der Waals surface area contributed by atoms with Gasteiger partial charge in [-0.15, -0.1) is 0 Å². The van der Waals surface area contributed by atoms with Gasteiger partial charge >= 0.3 is 6.03 Å². The van der Waals surface area contributed by atoms with Gasteiger partial charge in [-0.2, -0.15) is 0 Å². The molecule has 0 radical (unpaired) electrons. The summed E-state index contributed by atoms with van der Waals surface area (Å²) in [5.74, 6) is 1.66. The van der Waals surface area contributed by atoms with Crippen LogP contribution < -0.4 is 14.9 Å². The van der Waals surface area contributed by atoms with Crippen LogP contribution in [0.4, 0.5) is 4.79 Å². The van der Waals surface area contributed by atoms with Gasteiger partial charge in [0.1, 0.15) is 17.8 Å². The Morgan fingerprint density at radius 3 is 2.62 bits per heavy atom. The maximum Gasteiger partial charge on any atom is 0.336 e. The summed E-state index contributed by atoms with van der Waals surface area (Å²) in [6, 6.07) is 13.4. The van der Waals surface area contributed by atoms with Crippen LogP contribution in [0.2, 0.25) is 0 Å². The van der Waals surface area contributed by atoms with E-state index in [9.17, 15) is 4.79 Å². The highest BCUT2D eigenvalue weighted by molar-refractivity contribution is 5.85. The van der Waals surface area contributed by atoms with Gasteiger partial charge in [-0.3, -0.25) is 4.90 Å². The zero-order valence-electron chi connectivity index (χ0n) is 16.7. The highest BCUT2D eigenvalue weighted by Gasteiger charge is 2.22. The van der Waals surface area contributed by atoms with E-state index in [0.717, 1.165) is 47.7 Å².